The van der Waals surface area contributed by atoms with Gasteiger partial charge in [-0.1, -0.05) is 33.8 Å². The number of hydrogen-bond donors (Lipinski definition) is 1. The van der Waals surface area contributed by atoms with Gasteiger partial charge >= 0.3 is 0 Å². The molecule has 0 radical (unpaired) electrons. The van der Waals surface area contributed by atoms with E-state index in [0.717, 1.165) is 14.7 Å². The number of nitrogens with two attached hydrogens (primary N) is 1. The Morgan fingerprint density at radius 2 is 2.12 bits per heavy atom. The Morgan fingerprint density at radius 3 is 2.83 bits per heavy atom. The van der Waals surface area contributed by atoms with Crippen LogP contribution in [0.2, 0.25) is 0 Å². The summed E-state index contributed by atoms with van der Waals surface area (Å²) in [5, 5.41) is 0.803. The zero-order valence-corrected chi connectivity index (χ0v) is 15.0. The van der Waals surface area contributed by atoms with Crippen molar-refractivity contribution in [1.29, 1.82) is 0 Å². The fourth-order valence-corrected chi connectivity index (χ4v) is 3.42. The fraction of sp³-hybridized carbons (Fsp3) is 0.125. The molecule has 2 N–H and O–H groups in total. The number of rotatable bonds is 4. The number of fused-ring (bicyclic) bond motifs is 1. The molecule has 0 amide bonds. The highest BCUT2D eigenvalue weighted by Gasteiger charge is 2.11. The summed E-state index contributed by atoms with van der Waals surface area (Å²) in [6.45, 7) is 0. The van der Waals surface area contributed by atoms with Crippen molar-refractivity contribution in [2.45, 2.75) is 10.9 Å². The Balaban J connectivity index is 1.90. The van der Waals surface area contributed by atoms with Crippen LogP contribution in [0.5, 0.6) is 5.75 Å². The number of ether oxygens (including phenoxy) is 1. The van der Waals surface area contributed by atoms with E-state index >= 15 is 0 Å². The third-order valence-corrected chi connectivity index (χ3v) is 4.93. The standard InChI is InChI=1S/C16H13BrFN3O2S/c1-23-14-5-2-9(6-12(14)18)8-24-16-20-13-4-3-10(17)7-11(13)15(22)21(16)19/h2-7H,8,19H2,1H3. The second kappa shape index (κ2) is 6.82. The van der Waals surface area contributed by atoms with Crippen LogP contribution in [-0.2, 0) is 5.75 Å². The van der Waals surface area contributed by atoms with E-state index in [4.69, 9.17) is 10.6 Å². The van der Waals surface area contributed by atoms with E-state index in [1.165, 1.54) is 24.9 Å². The predicted molar refractivity (Wildman–Crippen MR) is 96.4 cm³/mol. The Kier molecular flexibility index (Phi) is 4.77. The SMILES string of the molecule is COc1ccc(CSc2nc3ccc(Br)cc3c(=O)n2N)cc1F. The lowest BCUT2D eigenvalue weighted by atomic mass is 10.2. The summed E-state index contributed by atoms with van der Waals surface area (Å²) in [5.41, 5.74) is 0.974. The molecule has 24 heavy (non-hydrogen) atoms. The topological polar surface area (TPSA) is 70.1 Å². The van der Waals surface area contributed by atoms with Gasteiger partial charge in [0.2, 0.25) is 0 Å². The monoisotopic (exact) mass is 409 g/mol. The minimum absolute atomic E-state index is 0.189. The number of methoxy groups -OCH3 is 1. The van der Waals surface area contributed by atoms with Crippen LogP contribution >= 0.6 is 27.7 Å². The van der Waals surface area contributed by atoms with Crippen LogP contribution < -0.4 is 16.1 Å². The maximum Gasteiger partial charge on any atom is 0.280 e. The van der Waals surface area contributed by atoms with Crippen molar-refractivity contribution in [3.8, 4) is 5.75 Å². The van der Waals surface area contributed by atoms with E-state index in [1.54, 1.807) is 24.3 Å². The molecule has 0 spiro atoms. The molecule has 5 nitrogen and oxygen atoms in total. The lowest BCUT2D eigenvalue weighted by molar-refractivity contribution is 0.386. The molecule has 0 bridgehead atoms. The van der Waals surface area contributed by atoms with Gasteiger partial charge in [-0.25, -0.2) is 14.1 Å². The van der Waals surface area contributed by atoms with Gasteiger partial charge in [-0.2, -0.15) is 0 Å². The average Bonchev–Trinajstić information content (AvgIpc) is 2.57. The number of thioether (sulfide) groups is 1. The Hall–Kier alpha value is -2.06. The largest absolute Gasteiger partial charge is 0.494 e. The lowest BCUT2D eigenvalue weighted by Gasteiger charge is -2.09. The van der Waals surface area contributed by atoms with Gasteiger partial charge in [0.1, 0.15) is 0 Å². The summed E-state index contributed by atoms with van der Waals surface area (Å²) >= 11 is 4.58. The molecule has 8 heteroatoms. The Labute approximate surface area is 149 Å². The van der Waals surface area contributed by atoms with E-state index in [1.807, 2.05) is 6.07 Å². The van der Waals surface area contributed by atoms with Crippen molar-refractivity contribution >= 4 is 38.6 Å². The molecule has 2 aromatic carbocycles. The summed E-state index contributed by atoms with van der Waals surface area (Å²) < 4.78 is 20.4. The molecule has 3 aromatic rings. The van der Waals surface area contributed by atoms with Crippen LogP contribution in [0.15, 0.2) is 50.8 Å². The first kappa shape index (κ1) is 16.8. The van der Waals surface area contributed by atoms with Crippen LogP contribution in [-0.4, -0.2) is 16.8 Å². The number of nitrogens with zero attached hydrogens (tertiary/aromatic N) is 2. The zero-order chi connectivity index (χ0) is 17.3. The van der Waals surface area contributed by atoms with Crippen LogP contribution in [0.25, 0.3) is 10.9 Å². The summed E-state index contributed by atoms with van der Waals surface area (Å²) in [7, 11) is 1.41. The quantitative estimate of drug-likeness (QED) is 0.406. The summed E-state index contributed by atoms with van der Waals surface area (Å²) in [6.07, 6.45) is 0. The highest BCUT2D eigenvalue weighted by atomic mass is 79.9. The van der Waals surface area contributed by atoms with E-state index in [9.17, 15) is 9.18 Å². The van der Waals surface area contributed by atoms with Crippen molar-refractivity contribution in [2.24, 2.45) is 0 Å². The first-order chi connectivity index (χ1) is 11.5. The van der Waals surface area contributed by atoms with Crippen molar-refractivity contribution < 1.29 is 9.13 Å². The number of halogens is 2. The van der Waals surface area contributed by atoms with Crippen LogP contribution in [0.1, 0.15) is 5.56 Å². The highest BCUT2D eigenvalue weighted by Crippen LogP contribution is 2.25. The predicted octanol–water partition coefficient (Wildman–Crippen LogP) is 3.31. The minimum Gasteiger partial charge on any atom is -0.494 e. The van der Waals surface area contributed by atoms with E-state index in [-0.39, 0.29) is 11.3 Å². The van der Waals surface area contributed by atoms with Crippen LogP contribution in [0.4, 0.5) is 4.39 Å². The number of aromatic nitrogens is 2. The van der Waals surface area contributed by atoms with E-state index in [2.05, 4.69) is 20.9 Å². The second-order valence-electron chi connectivity index (χ2n) is 4.99. The number of benzene rings is 2. The van der Waals surface area contributed by atoms with Gasteiger partial charge in [0, 0.05) is 10.2 Å². The zero-order valence-electron chi connectivity index (χ0n) is 12.6. The molecular formula is C16H13BrFN3O2S. The maximum atomic E-state index is 13.7. The van der Waals surface area contributed by atoms with Gasteiger partial charge in [-0.3, -0.25) is 4.79 Å². The van der Waals surface area contributed by atoms with Crippen LogP contribution in [0, 0.1) is 5.82 Å². The van der Waals surface area contributed by atoms with Gasteiger partial charge in [-0.15, -0.1) is 0 Å². The molecule has 0 fully saturated rings. The van der Waals surface area contributed by atoms with Gasteiger partial charge in [-0.05, 0) is 35.9 Å². The normalized spacial score (nSPS) is 11.0. The molecule has 0 aliphatic heterocycles. The first-order valence-corrected chi connectivity index (χ1v) is 8.70. The molecule has 0 saturated carbocycles. The Morgan fingerprint density at radius 1 is 1.33 bits per heavy atom. The smallest absolute Gasteiger partial charge is 0.280 e. The van der Waals surface area contributed by atoms with Gasteiger partial charge < -0.3 is 10.6 Å². The average molecular weight is 410 g/mol. The lowest BCUT2D eigenvalue weighted by Crippen LogP contribution is -2.29. The third kappa shape index (κ3) is 3.25. The molecule has 0 atom stereocenters. The molecule has 0 unspecified atom stereocenters. The second-order valence-corrected chi connectivity index (χ2v) is 6.85. The Bertz CT molecular complexity index is 977. The summed E-state index contributed by atoms with van der Waals surface area (Å²) in [6, 6.07) is 9.95. The third-order valence-electron chi connectivity index (χ3n) is 3.41. The van der Waals surface area contributed by atoms with E-state index < -0.39 is 5.82 Å². The van der Waals surface area contributed by atoms with E-state index in [0.29, 0.717) is 21.8 Å². The molecule has 124 valence electrons. The molecule has 3 rings (SSSR count). The summed E-state index contributed by atoms with van der Waals surface area (Å²) in [4.78, 5) is 16.7. The summed E-state index contributed by atoms with van der Waals surface area (Å²) in [5.74, 6) is 6.03. The number of nitrogen functional groups attached to an aromatic ring is 1. The van der Waals surface area contributed by atoms with Gasteiger partial charge in [0.25, 0.3) is 5.56 Å². The molecule has 0 aliphatic carbocycles. The van der Waals surface area contributed by atoms with Crippen molar-refractivity contribution in [1.82, 2.24) is 9.66 Å². The van der Waals surface area contributed by atoms with Gasteiger partial charge in [0.15, 0.2) is 16.7 Å². The molecule has 0 saturated heterocycles. The van der Waals surface area contributed by atoms with Crippen molar-refractivity contribution in [3.63, 3.8) is 0 Å². The molecule has 0 aliphatic rings. The first-order valence-electron chi connectivity index (χ1n) is 6.92. The molecular weight excluding hydrogens is 397 g/mol. The van der Waals surface area contributed by atoms with Crippen molar-refractivity contribution in [2.75, 3.05) is 13.0 Å². The maximum absolute atomic E-state index is 13.7. The minimum atomic E-state index is -0.433. The van der Waals surface area contributed by atoms with Crippen molar-refractivity contribution in [3.05, 3.63) is 62.6 Å². The molecule has 1 aromatic heterocycles. The fourth-order valence-electron chi connectivity index (χ4n) is 2.20. The molecule has 1 heterocycles. The highest BCUT2D eigenvalue weighted by molar-refractivity contribution is 9.10. The number of hydrogen-bond acceptors (Lipinski definition) is 5. The van der Waals surface area contributed by atoms with Gasteiger partial charge in [0.05, 0.1) is 18.0 Å². The van der Waals surface area contributed by atoms with Crippen LogP contribution in [0.3, 0.4) is 0 Å².